The van der Waals surface area contributed by atoms with Gasteiger partial charge in [0.25, 0.3) is 11.9 Å². The predicted octanol–water partition coefficient (Wildman–Crippen LogP) is 5.60. The van der Waals surface area contributed by atoms with Gasteiger partial charge in [-0.2, -0.15) is 0 Å². The molecule has 0 amide bonds. The molecular weight excluding hydrogens is 404 g/mol. The summed E-state index contributed by atoms with van der Waals surface area (Å²) in [5.74, 6) is 0.396. The Morgan fingerprint density at radius 1 is 0.594 bits per heavy atom. The highest BCUT2D eigenvalue weighted by Gasteiger charge is 2.21. The maximum Gasteiger partial charge on any atom is 0.300 e. The van der Waals surface area contributed by atoms with Crippen LogP contribution in [0.2, 0.25) is 0 Å². The van der Waals surface area contributed by atoms with E-state index in [0.717, 1.165) is 37.8 Å². The minimum atomic E-state index is -0.833. The van der Waals surface area contributed by atoms with Gasteiger partial charge in [-0.3, -0.25) is 9.59 Å². The number of aliphatic carboxylic acids is 2. The largest absolute Gasteiger partial charge is 0.481 e. The molecule has 3 aliphatic rings. The van der Waals surface area contributed by atoms with E-state index in [-0.39, 0.29) is 0 Å². The van der Waals surface area contributed by atoms with Crippen molar-refractivity contribution in [1.82, 2.24) is 10.6 Å². The Morgan fingerprint density at radius 2 is 0.875 bits per heavy atom. The molecule has 0 aromatic rings. The SMILES string of the molecule is C1CCC(CCNC2CCC(NCCC3CCCCC3)CC2)CC1.CC(=O)O.CC(=O)O. The average molecular weight is 455 g/mol. The molecule has 0 bridgehead atoms. The Hall–Kier alpha value is -1.14. The molecule has 0 radical (unpaired) electrons. The van der Waals surface area contributed by atoms with Gasteiger partial charge in [-0.25, -0.2) is 0 Å². The van der Waals surface area contributed by atoms with Crippen LogP contribution in [0.3, 0.4) is 0 Å². The average Bonchev–Trinajstić information content (AvgIpc) is 2.76. The van der Waals surface area contributed by atoms with Crippen LogP contribution in [0.25, 0.3) is 0 Å². The molecule has 0 saturated heterocycles. The molecule has 32 heavy (non-hydrogen) atoms. The van der Waals surface area contributed by atoms with Crippen molar-refractivity contribution in [3.8, 4) is 0 Å². The first-order chi connectivity index (χ1) is 15.4. The molecule has 0 unspecified atom stereocenters. The summed E-state index contributed by atoms with van der Waals surface area (Å²) in [5.41, 5.74) is 0. The van der Waals surface area contributed by atoms with Crippen LogP contribution in [0, 0.1) is 11.8 Å². The smallest absolute Gasteiger partial charge is 0.300 e. The fourth-order valence-corrected chi connectivity index (χ4v) is 5.44. The van der Waals surface area contributed by atoms with Gasteiger partial charge in [0.2, 0.25) is 0 Å². The van der Waals surface area contributed by atoms with Crippen LogP contribution in [0.15, 0.2) is 0 Å². The molecule has 0 heterocycles. The van der Waals surface area contributed by atoms with E-state index in [1.165, 1.54) is 116 Å². The second-order valence-electron chi connectivity index (χ2n) is 10.1. The number of carbonyl (C=O) groups is 2. The van der Waals surface area contributed by atoms with E-state index in [1.54, 1.807) is 0 Å². The van der Waals surface area contributed by atoms with Gasteiger partial charge in [0.15, 0.2) is 0 Å². The second kappa shape index (κ2) is 18.3. The molecule has 3 rings (SSSR count). The third-order valence-corrected chi connectivity index (χ3v) is 7.15. The van der Waals surface area contributed by atoms with Crippen molar-refractivity contribution in [2.75, 3.05) is 13.1 Å². The van der Waals surface area contributed by atoms with Crippen molar-refractivity contribution >= 4 is 11.9 Å². The van der Waals surface area contributed by atoms with Crippen LogP contribution in [-0.4, -0.2) is 47.3 Å². The van der Waals surface area contributed by atoms with Crippen molar-refractivity contribution in [1.29, 1.82) is 0 Å². The number of hydrogen-bond donors (Lipinski definition) is 4. The number of rotatable bonds is 8. The summed E-state index contributed by atoms with van der Waals surface area (Å²) in [4.78, 5) is 18.0. The van der Waals surface area contributed by atoms with Crippen molar-refractivity contribution in [2.24, 2.45) is 11.8 Å². The molecule has 4 N–H and O–H groups in total. The van der Waals surface area contributed by atoms with Gasteiger partial charge in [0.1, 0.15) is 0 Å². The summed E-state index contributed by atoms with van der Waals surface area (Å²) >= 11 is 0. The van der Waals surface area contributed by atoms with Gasteiger partial charge < -0.3 is 20.8 Å². The fourth-order valence-electron chi connectivity index (χ4n) is 5.44. The molecule has 0 spiro atoms. The van der Waals surface area contributed by atoms with Crippen molar-refractivity contribution in [3.05, 3.63) is 0 Å². The standard InChI is InChI=1S/C22H42N2.2C2H4O2/c1-3-7-19(8-4-1)15-17-23-21-11-13-22(14-12-21)24-18-16-20-9-5-2-6-10-20;2*1-2(3)4/h19-24H,1-18H2;2*1H3,(H,3,4). The zero-order valence-corrected chi connectivity index (χ0v) is 20.7. The highest BCUT2D eigenvalue weighted by Crippen LogP contribution is 2.27. The molecule has 0 atom stereocenters. The summed E-state index contributed by atoms with van der Waals surface area (Å²) in [6.45, 7) is 4.71. The number of carboxylic acid groups (broad SMARTS) is 2. The van der Waals surface area contributed by atoms with Crippen molar-refractivity contribution in [3.63, 3.8) is 0 Å². The Morgan fingerprint density at radius 3 is 1.16 bits per heavy atom. The Bertz CT molecular complexity index is 428. The summed E-state index contributed by atoms with van der Waals surface area (Å²) in [6.07, 6.45) is 23.4. The van der Waals surface area contributed by atoms with Crippen LogP contribution in [0.5, 0.6) is 0 Å². The summed E-state index contributed by atoms with van der Waals surface area (Å²) in [6, 6.07) is 1.62. The zero-order chi connectivity index (χ0) is 23.6. The van der Waals surface area contributed by atoms with Gasteiger partial charge in [0.05, 0.1) is 0 Å². The molecule has 0 aromatic heterocycles. The number of nitrogens with one attached hydrogen (secondary N) is 2. The molecule has 3 saturated carbocycles. The predicted molar refractivity (Wildman–Crippen MR) is 131 cm³/mol. The van der Waals surface area contributed by atoms with Crippen molar-refractivity contribution < 1.29 is 19.8 Å². The zero-order valence-electron chi connectivity index (χ0n) is 20.7. The van der Waals surface area contributed by atoms with Crippen LogP contribution in [0.1, 0.15) is 117 Å². The Kier molecular flexibility index (Phi) is 16.5. The lowest BCUT2D eigenvalue weighted by Gasteiger charge is -2.31. The van der Waals surface area contributed by atoms with Gasteiger partial charge >= 0.3 is 0 Å². The Balaban J connectivity index is 0.000000554. The highest BCUT2D eigenvalue weighted by molar-refractivity contribution is 5.63. The maximum atomic E-state index is 9.00. The first-order valence-corrected chi connectivity index (χ1v) is 13.2. The lowest BCUT2D eigenvalue weighted by molar-refractivity contribution is -0.135. The minimum absolute atomic E-state index is 0.810. The molecule has 188 valence electrons. The summed E-state index contributed by atoms with van der Waals surface area (Å²) in [7, 11) is 0. The molecule has 3 fully saturated rings. The van der Waals surface area contributed by atoms with Gasteiger partial charge in [-0.05, 0) is 63.5 Å². The molecular formula is C26H50N2O4. The molecule has 0 aromatic carbocycles. The van der Waals surface area contributed by atoms with Crippen LogP contribution < -0.4 is 10.6 Å². The van der Waals surface area contributed by atoms with E-state index in [9.17, 15) is 0 Å². The monoisotopic (exact) mass is 454 g/mol. The molecule has 0 aliphatic heterocycles. The first-order valence-electron chi connectivity index (χ1n) is 13.2. The van der Waals surface area contributed by atoms with Crippen LogP contribution in [-0.2, 0) is 9.59 Å². The lowest BCUT2D eigenvalue weighted by Crippen LogP contribution is -2.41. The van der Waals surface area contributed by atoms with E-state index in [0.29, 0.717) is 0 Å². The minimum Gasteiger partial charge on any atom is -0.481 e. The lowest BCUT2D eigenvalue weighted by atomic mass is 9.86. The van der Waals surface area contributed by atoms with E-state index >= 15 is 0 Å². The fraction of sp³-hybridized carbons (Fsp3) is 0.923. The van der Waals surface area contributed by atoms with Crippen molar-refractivity contribution in [2.45, 2.75) is 129 Å². The van der Waals surface area contributed by atoms with E-state index in [1.807, 2.05) is 0 Å². The highest BCUT2D eigenvalue weighted by atomic mass is 16.4. The third-order valence-electron chi connectivity index (χ3n) is 7.15. The van der Waals surface area contributed by atoms with Crippen LogP contribution in [0.4, 0.5) is 0 Å². The topological polar surface area (TPSA) is 98.7 Å². The van der Waals surface area contributed by atoms with Crippen LogP contribution >= 0.6 is 0 Å². The molecule has 3 aliphatic carbocycles. The van der Waals surface area contributed by atoms with Gasteiger partial charge in [-0.15, -0.1) is 0 Å². The van der Waals surface area contributed by atoms with Gasteiger partial charge in [-0.1, -0.05) is 64.2 Å². The number of carboxylic acids is 2. The van der Waals surface area contributed by atoms with Gasteiger partial charge in [0, 0.05) is 25.9 Å². The second-order valence-corrected chi connectivity index (χ2v) is 10.1. The molecule has 6 nitrogen and oxygen atoms in total. The molecule has 6 heteroatoms. The summed E-state index contributed by atoms with van der Waals surface area (Å²) < 4.78 is 0. The Labute approximate surface area is 196 Å². The number of hydrogen-bond acceptors (Lipinski definition) is 4. The van der Waals surface area contributed by atoms with E-state index in [2.05, 4.69) is 10.6 Å². The third kappa shape index (κ3) is 16.5. The maximum absolute atomic E-state index is 9.00. The normalized spacial score (nSPS) is 24.4. The first kappa shape index (κ1) is 28.9. The quantitative estimate of drug-likeness (QED) is 0.381. The van der Waals surface area contributed by atoms with E-state index in [4.69, 9.17) is 19.8 Å². The van der Waals surface area contributed by atoms with E-state index < -0.39 is 11.9 Å². The summed E-state index contributed by atoms with van der Waals surface area (Å²) in [5, 5.41) is 22.6.